The molecule has 0 spiro atoms. The summed E-state index contributed by atoms with van der Waals surface area (Å²) in [5.41, 5.74) is 0.471. The Morgan fingerprint density at radius 2 is 1.79 bits per heavy atom. The van der Waals surface area contributed by atoms with Crippen LogP contribution in [0.15, 0.2) is 29.3 Å². The summed E-state index contributed by atoms with van der Waals surface area (Å²) in [6, 6.07) is 6.67. The summed E-state index contributed by atoms with van der Waals surface area (Å²) in [5.74, 6) is 0.359. The van der Waals surface area contributed by atoms with Crippen molar-refractivity contribution < 1.29 is 14.3 Å². The third-order valence-corrected chi connectivity index (χ3v) is 3.15. The van der Waals surface area contributed by atoms with Gasteiger partial charge in [-0.25, -0.2) is 0 Å². The maximum atomic E-state index is 11.9. The molecule has 0 aliphatic rings. The number of hydrogen-bond acceptors (Lipinski definition) is 5. The van der Waals surface area contributed by atoms with Gasteiger partial charge in [-0.15, -0.1) is 0 Å². The Morgan fingerprint density at radius 1 is 1.16 bits per heavy atom. The normalized spacial score (nSPS) is 11.0. The molecule has 7 heteroatoms. The van der Waals surface area contributed by atoms with Gasteiger partial charge in [0.05, 0.1) is 7.11 Å². The largest absolute Gasteiger partial charge is 0.497 e. The lowest BCUT2D eigenvalue weighted by atomic mass is 10.2. The Hall–Kier alpha value is -1.47. The molecule has 0 aliphatic heterocycles. The Balaban J connectivity index is 2.76. The smallest absolute Gasteiger partial charge is 0.306 e. The first-order chi connectivity index (χ1) is 9.10. The van der Waals surface area contributed by atoms with Gasteiger partial charge in [-0.1, -0.05) is 23.5 Å². The summed E-state index contributed by atoms with van der Waals surface area (Å²) in [7, 11) is 1.56. The summed E-state index contributed by atoms with van der Waals surface area (Å²) in [5, 5.41) is 2.51. The molecule has 1 N–H and O–H groups in total. The minimum absolute atomic E-state index is 0.278. The summed E-state index contributed by atoms with van der Waals surface area (Å²) in [6.07, 6.45) is 3.37. The molecule has 0 saturated heterocycles. The van der Waals surface area contributed by atoms with Crippen molar-refractivity contribution in [1.29, 1.82) is 0 Å². The SMILES string of the molecule is COc1ccc(C(=O)N/C(=N/C(=O)SC)SC)cc1. The molecule has 0 saturated carbocycles. The zero-order valence-electron chi connectivity index (χ0n) is 10.8. The lowest BCUT2D eigenvalue weighted by Crippen LogP contribution is -2.28. The lowest BCUT2D eigenvalue weighted by molar-refractivity contribution is 0.0978. The third-order valence-electron chi connectivity index (χ3n) is 2.13. The maximum Gasteiger partial charge on any atom is 0.306 e. The van der Waals surface area contributed by atoms with Crippen LogP contribution in [0.2, 0.25) is 0 Å². The Morgan fingerprint density at radius 3 is 2.26 bits per heavy atom. The van der Waals surface area contributed by atoms with E-state index < -0.39 is 0 Å². The average Bonchev–Trinajstić information content (AvgIpc) is 2.46. The number of rotatable bonds is 2. The van der Waals surface area contributed by atoms with Gasteiger partial charge >= 0.3 is 5.24 Å². The maximum absolute atomic E-state index is 11.9. The van der Waals surface area contributed by atoms with Gasteiger partial charge in [0.25, 0.3) is 5.91 Å². The van der Waals surface area contributed by atoms with E-state index in [4.69, 9.17) is 4.74 Å². The van der Waals surface area contributed by atoms with Crippen LogP contribution in [0, 0.1) is 0 Å². The average molecular weight is 298 g/mol. The molecule has 1 aromatic rings. The van der Waals surface area contributed by atoms with E-state index in [0.29, 0.717) is 11.3 Å². The van der Waals surface area contributed by atoms with Gasteiger partial charge in [0, 0.05) is 5.56 Å². The summed E-state index contributed by atoms with van der Waals surface area (Å²) < 4.78 is 5.01. The minimum atomic E-state index is -0.348. The molecule has 19 heavy (non-hydrogen) atoms. The van der Waals surface area contributed by atoms with E-state index in [9.17, 15) is 9.59 Å². The van der Waals surface area contributed by atoms with Gasteiger partial charge in [0.15, 0.2) is 5.17 Å². The predicted octanol–water partition coefficient (Wildman–Crippen LogP) is 2.63. The monoisotopic (exact) mass is 298 g/mol. The minimum Gasteiger partial charge on any atom is -0.497 e. The van der Waals surface area contributed by atoms with Crippen LogP contribution in [0.4, 0.5) is 4.79 Å². The van der Waals surface area contributed by atoms with Crippen molar-refractivity contribution in [2.24, 2.45) is 4.99 Å². The van der Waals surface area contributed by atoms with Gasteiger partial charge in [-0.2, -0.15) is 4.99 Å². The third kappa shape index (κ3) is 4.96. The lowest BCUT2D eigenvalue weighted by Gasteiger charge is -2.06. The highest BCUT2D eigenvalue weighted by Gasteiger charge is 2.09. The van der Waals surface area contributed by atoms with Gasteiger partial charge < -0.3 is 10.1 Å². The van der Waals surface area contributed by atoms with E-state index in [2.05, 4.69) is 10.3 Å². The molecule has 0 atom stereocenters. The predicted molar refractivity (Wildman–Crippen MR) is 80.3 cm³/mol. The van der Waals surface area contributed by atoms with Crippen LogP contribution in [0.3, 0.4) is 0 Å². The molecule has 5 nitrogen and oxygen atoms in total. The van der Waals surface area contributed by atoms with Crippen molar-refractivity contribution in [3.8, 4) is 5.75 Å². The molecular weight excluding hydrogens is 284 g/mol. The van der Waals surface area contributed by atoms with Crippen LogP contribution in [0.1, 0.15) is 10.4 Å². The molecule has 102 valence electrons. The number of carbonyl (C=O) groups is 2. The van der Waals surface area contributed by atoms with Crippen molar-refractivity contribution in [3.63, 3.8) is 0 Å². The van der Waals surface area contributed by atoms with Crippen LogP contribution in [-0.2, 0) is 0 Å². The Labute approximate surface area is 120 Å². The van der Waals surface area contributed by atoms with Gasteiger partial charge in [-0.3, -0.25) is 9.59 Å². The first-order valence-electron chi connectivity index (χ1n) is 5.26. The number of amidine groups is 1. The number of thioether (sulfide) groups is 2. The number of benzene rings is 1. The number of nitrogens with one attached hydrogen (secondary N) is 1. The van der Waals surface area contributed by atoms with Gasteiger partial charge in [-0.05, 0) is 36.8 Å². The van der Waals surface area contributed by atoms with Crippen molar-refractivity contribution in [1.82, 2.24) is 5.32 Å². The highest BCUT2D eigenvalue weighted by atomic mass is 32.2. The molecule has 0 radical (unpaired) electrons. The van der Waals surface area contributed by atoms with E-state index in [1.54, 1.807) is 43.9 Å². The molecular formula is C12H14N2O3S2. The van der Waals surface area contributed by atoms with Crippen LogP contribution >= 0.6 is 23.5 Å². The fourth-order valence-corrected chi connectivity index (χ4v) is 1.77. The van der Waals surface area contributed by atoms with Crippen molar-refractivity contribution >= 4 is 39.8 Å². The molecule has 0 heterocycles. The van der Waals surface area contributed by atoms with Crippen molar-refractivity contribution in [3.05, 3.63) is 29.8 Å². The molecule has 0 fully saturated rings. The quantitative estimate of drug-likeness (QED) is 0.671. The van der Waals surface area contributed by atoms with Crippen LogP contribution < -0.4 is 10.1 Å². The number of aliphatic imine (C=N–C) groups is 1. The van der Waals surface area contributed by atoms with Gasteiger partial charge in [0.1, 0.15) is 5.75 Å². The molecule has 0 bridgehead atoms. The Kier molecular flexibility index (Phi) is 6.44. The molecule has 1 aromatic carbocycles. The second-order valence-electron chi connectivity index (χ2n) is 3.27. The first kappa shape index (κ1) is 15.6. The number of amides is 2. The van der Waals surface area contributed by atoms with Crippen LogP contribution in [0.25, 0.3) is 0 Å². The topological polar surface area (TPSA) is 67.8 Å². The number of carbonyl (C=O) groups excluding carboxylic acids is 2. The molecule has 2 amide bonds. The zero-order valence-corrected chi connectivity index (χ0v) is 12.4. The van der Waals surface area contributed by atoms with E-state index in [1.165, 1.54) is 11.8 Å². The van der Waals surface area contributed by atoms with Gasteiger partial charge in [0.2, 0.25) is 0 Å². The van der Waals surface area contributed by atoms with Crippen LogP contribution in [0.5, 0.6) is 5.75 Å². The summed E-state index contributed by atoms with van der Waals surface area (Å²) >= 11 is 2.19. The van der Waals surface area contributed by atoms with E-state index in [-0.39, 0.29) is 16.3 Å². The van der Waals surface area contributed by atoms with Crippen molar-refractivity contribution in [2.45, 2.75) is 0 Å². The standard InChI is InChI=1S/C12H14N2O3S2/c1-17-9-6-4-8(5-7-9)10(15)13-11(18-2)14-12(16)19-3/h4-7H,1-3H3,(H,13,14,15,16). The van der Waals surface area contributed by atoms with Crippen molar-refractivity contribution in [2.75, 3.05) is 19.6 Å². The summed E-state index contributed by atoms with van der Waals surface area (Å²) in [6.45, 7) is 0. The second kappa shape index (κ2) is 7.85. The Bertz CT molecular complexity index is 486. The second-order valence-corrected chi connectivity index (χ2v) is 4.83. The fraction of sp³-hybridized carbons (Fsp3) is 0.250. The van der Waals surface area contributed by atoms with E-state index >= 15 is 0 Å². The summed E-state index contributed by atoms with van der Waals surface area (Å²) in [4.78, 5) is 26.9. The zero-order chi connectivity index (χ0) is 14.3. The van der Waals surface area contributed by atoms with Crippen LogP contribution in [-0.4, -0.2) is 35.9 Å². The van der Waals surface area contributed by atoms with E-state index in [0.717, 1.165) is 11.8 Å². The molecule has 0 aliphatic carbocycles. The number of ether oxygens (including phenoxy) is 1. The number of nitrogens with zero attached hydrogens (tertiary/aromatic N) is 1. The number of methoxy groups -OCH3 is 1. The highest BCUT2D eigenvalue weighted by molar-refractivity contribution is 8.14. The number of hydrogen-bond donors (Lipinski definition) is 1. The molecule has 0 unspecified atom stereocenters. The highest BCUT2D eigenvalue weighted by Crippen LogP contribution is 2.11. The molecule has 0 aromatic heterocycles. The first-order valence-corrected chi connectivity index (χ1v) is 7.71. The van der Waals surface area contributed by atoms with E-state index in [1.807, 2.05) is 0 Å². The fourth-order valence-electron chi connectivity index (χ4n) is 1.16. The molecule has 1 rings (SSSR count).